The molecule has 0 spiro atoms. The molecule has 5 nitrogen and oxygen atoms in total. The van der Waals surface area contributed by atoms with E-state index in [1.165, 1.54) is 0 Å². The van der Waals surface area contributed by atoms with Crippen molar-refractivity contribution < 1.29 is 9.59 Å². The Kier molecular flexibility index (Phi) is 4.71. The molecule has 0 radical (unpaired) electrons. The molecule has 100 valence electrons. The monoisotopic (exact) mass is 251 g/mol. The number of amides is 2. The lowest BCUT2D eigenvalue weighted by atomic mass is 9.94. The SMILES string of the molecule is CC(C)(C)C(=O)N1CCCN(C(=O)CC#N)CC1. The van der Waals surface area contributed by atoms with Gasteiger partial charge in [0, 0.05) is 31.6 Å². The molecule has 2 amide bonds. The zero-order valence-electron chi connectivity index (χ0n) is 11.4. The first-order chi connectivity index (χ1) is 8.36. The maximum Gasteiger partial charge on any atom is 0.236 e. The van der Waals surface area contributed by atoms with Gasteiger partial charge in [0.2, 0.25) is 11.8 Å². The number of carbonyl (C=O) groups excluding carboxylic acids is 2. The molecule has 0 atom stereocenters. The fraction of sp³-hybridized carbons (Fsp3) is 0.769. The van der Waals surface area contributed by atoms with E-state index in [9.17, 15) is 9.59 Å². The van der Waals surface area contributed by atoms with Gasteiger partial charge in [-0.2, -0.15) is 5.26 Å². The van der Waals surface area contributed by atoms with Crippen LogP contribution in [0.2, 0.25) is 0 Å². The Labute approximate surface area is 108 Å². The summed E-state index contributed by atoms with van der Waals surface area (Å²) in [5, 5.41) is 8.52. The van der Waals surface area contributed by atoms with Crippen molar-refractivity contribution in [1.82, 2.24) is 9.80 Å². The Morgan fingerprint density at radius 3 is 2.22 bits per heavy atom. The molecule has 0 unspecified atom stereocenters. The fourth-order valence-electron chi connectivity index (χ4n) is 2.02. The first kappa shape index (κ1) is 14.5. The molecule has 0 N–H and O–H groups in total. The molecule has 1 saturated heterocycles. The lowest BCUT2D eigenvalue weighted by Crippen LogP contribution is -2.42. The van der Waals surface area contributed by atoms with Crippen LogP contribution in [0.25, 0.3) is 0 Å². The molecule has 0 aromatic carbocycles. The molecule has 1 aliphatic rings. The maximum absolute atomic E-state index is 12.1. The van der Waals surface area contributed by atoms with Crippen LogP contribution in [0, 0.1) is 16.7 Å². The maximum atomic E-state index is 12.1. The van der Waals surface area contributed by atoms with Gasteiger partial charge in [0.05, 0.1) is 6.07 Å². The van der Waals surface area contributed by atoms with Crippen LogP contribution in [0.4, 0.5) is 0 Å². The first-order valence-electron chi connectivity index (χ1n) is 6.30. The highest BCUT2D eigenvalue weighted by Crippen LogP contribution is 2.18. The molecule has 1 heterocycles. The largest absolute Gasteiger partial charge is 0.340 e. The lowest BCUT2D eigenvalue weighted by molar-refractivity contribution is -0.139. The third kappa shape index (κ3) is 3.73. The summed E-state index contributed by atoms with van der Waals surface area (Å²) in [6.45, 7) is 8.12. The molecule has 0 aromatic heterocycles. The van der Waals surface area contributed by atoms with E-state index in [1.807, 2.05) is 31.7 Å². The van der Waals surface area contributed by atoms with Gasteiger partial charge in [0.15, 0.2) is 0 Å². The number of hydrogen-bond donors (Lipinski definition) is 0. The van der Waals surface area contributed by atoms with E-state index in [4.69, 9.17) is 5.26 Å². The molecule has 0 bridgehead atoms. The smallest absolute Gasteiger partial charge is 0.236 e. The van der Waals surface area contributed by atoms with Gasteiger partial charge >= 0.3 is 0 Å². The molecule has 0 aromatic rings. The number of rotatable bonds is 1. The molecule has 5 heteroatoms. The Balaban J connectivity index is 2.60. The Bertz CT molecular complexity index is 365. The normalized spacial score (nSPS) is 17.0. The number of hydrogen-bond acceptors (Lipinski definition) is 3. The summed E-state index contributed by atoms with van der Waals surface area (Å²) in [4.78, 5) is 27.3. The Morgan fingerprint density at radius 1 is 1.11 bits per heavy atom. The van der Waals surface area contributed by atoms with E-state index in [0.717, 1.165) is 6.42 Å². The molecule has 0 aliphatic carbocycles. The van der Waals surface area contributed by atoms with Gasteiger partial charge < -0.3 is 9.80 Å². The lowest BCUT2D eigenvalue weighted by Gasteiger charge is -2.28. The van der Waals surface area contributed by atoms with E-state index in [1.54, 1.807) is 4.90 Å². The number of nitriles is 1. The highest BCUT2D eigenvalue weighted by atomic mass is 16.2. The summed E-state index contributed by atoms with van der Waals surface area (Å²) in [5.74, 6) is -0.0142. The summed E-state index contributed by atoms with van der Waals surface area (Å²) in [6.07, 6.45) is 0.701. The quantitative estimate of drug-likeness (QED) is 0.698. The topological polar surface area (TPSA) is 64.4 Å². The van der Waals surface area contributed by atoms with Crippen molar-refractivity contribution in [3.05, 3.63) is 0 Å². The van der Waals surface area contributed by atoms with Gasteiger partial charge in [-0.3, -0.25) is 9.59 Å². The van der Waals surface area contributed by atoms with Gasteiger partial charge in [-0.1, -0.05) is 20.8 Å². The first-order valence-corrected chi connectivity index (χ1v) is 6.30. The molecular weight excluding hydrogens is 230 g/mol. The second-order valence-electron chi connectivity index (χ2n) is 5.61. The minimum atomic E-state index is -0.383. The summed E-state index contributed by atoms with van der Waals surface area (Å²) in [6, 6.07) is 1.87. The molecule has 1 rings (SSSR count). The zero-order chi connectivity index (χ0) is 13.8. The van der Waals surface area contributed by atoms with Gasteiger partial charge in [0.25, 0.3) is 0 Å². The van der Waals surface area contributed by atoms with Crippen molar-refractivity contribution in [2.75, 3.05) is 26.2 Å². The van der Waals surface area contributed by atoms with Crippen LogP contribution in [0.5, 0.6) is 0 Å². The standard InChI is InChI=1S/C13H21N3O2/c1-13(2,3)12(18)16-8-4-7-15(9-10-16)11(17)5-6-14/h4-5,7-10H2,1-3H3. The van der Waals surface area contributed by atoms with Gasteiger partial charge in [0.1, 0.15) is 6.42 Å². The van der Waals surface area contributed by atoms with Crippen molar-refractivity contribution in [2.24, 2.45) is 5.41 Å². The van der Waals surface area contributed by atoms with Crippen molar-refractivity contribution >= 4 is 11.8 Å². The van der Waals surface area contributed by atoms with Gasteiger partial charge in [-0.05, 0) is 6.42 Å². The fourth-order valence-corrected chi connectivity index (χ4v) is 2.02. The van der Waals surface area contributed by atoms with Crippen molar-refractivity contribution in [3.8, 4) is 6.07 Å². The highest BCUT2D eigenvalue weighted by molar-refractivity contribution is 5.82. The second kappa shape index (κ2) is 5.85. The number of carbonyl (C=O) groups is 2. The van der Waals surface area contributed by atoms with Crippen LogP contribution < -0.4 is 0 Å². The molecule has 18 heavy (non-hydrogen) atoms. The molecule has 0 saturated carbocycles. The average molecular weight is 251 g/mol. The molecule has 1 fully saturated rings. The van der Waals surface area contributed by atoms with Gasteiger partial charge in [-0.15, -0.1) is 0 Å². The van der Waals surface area contributed by atoms with Crippen LogP contribution in [-0.2, 0) is 9.59 Å². The minimum Gasteiger partial charge on any atom is -0.340 e. The Hall–Kier alpha value is -1.57. The van der Waals surface area contributed by atoms with Crippen LogP contribution in [0.15, 0.2) is 0 Å². The third-order valence-electron chi connectivity index (χ3n) is 3.01. The van der Waals surface area contributed by atoms with E-state index < -0.39 is 0 Å². The average Bonchev–Trinajstić information content (AvgIpc) is 2.52. The second-order valence-corrected chi connectivity index (χ2v) is 5.61. The number of nitrogens with zero attached hydrogens (tertiary/aromatic N) is 3. The van der Waals surface area contributed by atoms with Crippen LogP contribution in [0.3, 0.4) is 0 Å². The van der Waals surface area contributed by atoms with Crippen LogP contribution in [0.1, 0.15) is 33.6 Å². The van der Waals surface area contributed by atoms with Crippen LogP contribution in [-0.4, -0.2) is 47.8 Å². The van der Waals surface area contributed by atoms with Crippen molar-refractivity contribution in [3.63, 3.8) is 0 Å². The summed E-state index contributed by atoms with van der Waals surface area (Å²) >= 11 is 0. The van der Waals surface area contributed by atoms with Gasteiger partial charge in [-0.25, -0.2) is 0 Å². The molecule has 1 aliphatic heterocycles. The van der Waals surface area contributed by atoms with E-state index in [0.29, 0.717) is 26.2 Å². The Morgan fingerprint density at radius 2 is 1.67 bits per heavy atom. The predicted molar refractivity (Wildman–Crippen MR) is 67.5 cm³/mol. The van der Waals surface area contributed by atoms with Crippen LogP contribution >= 0.6 is 0 Å². The zero-order valence-corrected chi connectivity index (χ0v) is 11.4. The summed E-state index contributed by atoms with van der Waals surface area (Å²) < 4.78 is 0. The van der Waals surface area contributed by atoms with E-state index >= 15 is 0 Å². The van der Waals surface area contributed by atoms with E-state index in [2.05, 4.69) is 0 Å². The predicted octanol–water partition coefficient (Wildman–Crippen LogP) is 1.01. The highest BCUT2D eigenvalue weighted by Gasteiger charge is 2.29. The van der Waals surface area contributed by atoms with Crippen molar-refractivity contribution in [2.45, 2.75) is 33.6 Å². The third-order valence-corrected chi connectivity index (χ3v) is 3.01. The minimum absolute atomic E-state index is 0.0762. The van der Waals surface area contributed by atoms with E-state index in [-0.39, 0.29) is 23.7 Å². The summed E-state index contributed by atoms with van der Waals surface area (Å²) in [5.41, 5.74) is -0.383. The molecular formula is C13H21N3O2. The van der Waals surface area contributed by atoms with Crippen molar-refractivity contribution in [1.29, 1.82) is 5.26 Å². The summed E-state index contributed by atoms with van der Waals surface area (Å²) in [7, 11) is 0.